The van der Waals surface area contributed by atoms with E-state index in [4.69, 9.17) is 5.21 Å². The van der Waals surface area contributed by atoms with Crippen molar-refractivity contribution in [2.24, 2.45) is 0 Å². The quantitative estimate of drug-likeness (QED) is 0.312. The van der Waals surface area contributed by atoms with Gasteiger partial charge in [-0.05, 0) is 80.6 Å². The molecule has 0 saturated carbocycles. The lowest BCUT2D eigenvalue weighted by Gasteiger charge is -2.29. The zero-order valence-corrected chi connectivity index (χ0v) is 18.4. The highest BCUT2D eigenvalue weighted by Gasteiger charge is 2.18. The highest BCUT2D eigenvalue weighted by Crippen LogP contribution is 2.25. The maximum Gasteiger partial charge on any atom is 0.258 e. The van der Waals surface area contributed by atoms with Crippen LogP contribution in [0, 0.1) is 5.82 Å². The van der Waals surface area contributed by atoms with E-state index < -0.39 is 0 Å². The van der Waals surface area contributed by atoms with Gasteiger partial charge in [0.1, 0.15) is 5.82 Å². The van der Waals surface area contributed by atoms with E-state index in [1.807, 2.05) is 12.1 Å². The fourth-order valence-electron chi connectivity index (χ4n) is 4.06. The Labute approximate surface area is 189 Å². The second-order valence-corrected chi connectivity index (χ2v) is 8.23. The van der Waals surface area contributed by atoms with Crippen LogP contribution in [0.15, 0.2) is 48.5 Å². The molecule has 2 N–H and O–H groups in total. The van der Waals surface area contributed by atoms with Gasteiger partial charge in [0.15, 0.2) is 0 Å². The molecule has 0 unspecified atom stereocenters. The van der Waals surface area contributed by atoms with Crippen molar-refractivity contribution in [2.45, 2.75) is 51.4 Å². The smallest absolute Gasteiger partial charge is 0.258 e. The number of halogens is 1. The molecule has 1 heterocycles. The molecule has 3 rings (SSSR count). The maximum atomic E-state index is 13.3. The number of hydrogen-bond donors (Lipinski definition) is 2. The minimum Gasteiger partial charge on any atom is -0.372 e. The van der Waals surface area contributed by atoms with Crippen molar-refractivity contribution >= 4 is 23.2 Å². The average molecular weight is 442 g/mol. The largest absolute Gasteiger partial charge is 0.372 e. The van der Waals surface area contributed by atoms with Crippen LogP contribution in [0.4, 0.5) is 15.8 Å². The third-order valence-corrected chi connectivity index (χ3v) is 5.88. The molecule has 0 radical (unpaired) electrons. The monoisotopic (exact) mass is 441 g/mol. The summed E-state index contributed by atoms with van der Waals surface area (Å²) < 4.78 is 13.3. The lowest BCUT2D eigenvalue weighted by Crippen LogP contribution is -2.32. The number of unbranched alkanes of at least 4 members (excludes halogenated alkanes) is 3. The van der Waals surface area contributed by atoms with Crippen molar-refractivity contribution in [3.8, 4) is 0 Å². The normalized spacial score (nSPS) is 13.6. The number of carbonyl (C=O) groups excluding carboxylic acids is 2. The molecule has 2 aromatic carbocycles. The molecule has 172 valence electrons. The summed E-state index contributed by atoms with van der Waals surface area (Å²) in [5.41, 5.74) is 4.08. The average Bonchev–Trinajstić information content (AvgIpc) is 2.84. The third kappa shape index (κ3) is 6.79. The van der Waals surface area contributed by atoms with Crippen LogP contribution in [-0.2, 0) is 4.79 Å². The lowest BCUT2D eigenvalue weighted by molar-refractivity contribution is -0.129. The Kier molecular flexibility index (Phi) is 9.04. The molecular formula is C25H32FN3O3. The summed E-state index contributed by atoms with van der Waals surface area (Å²) in [5, 5.41) is 8.56. The van der Waals surface area contributed by atoms with Crippen molar-refractivity contribution < 1.29 is 19.2 Å². The summed E-state index contributed by atoms with van der Waals surface area (Å²) in [5.74, 6) is -0.909. The molecule has 2 amide bonds. The number of hydroxylamine groups is 1. The Morgan fingerprint density at radius 3 is 2.22 bits per heavy atom. The van der Waals surface area contributed by atoms with Gasteiger partial charge < -0.3 is 9.80 Å². The van der Waals surface area contributed by atoms with Gasteiger partial charge in [-0.3, -0.25) is 14.8 Å². The zero-order valence-electron chi connectivity index (χ0n) is 18.4. The highest BCUT2D eigenvalue weighted by atomic mass is 19.1. The van der Waals surface area contributed by atoms with Crippen LogP contribution in [-0.4, -0.2) is 36.7 Å². The first-order chi connectivity index (χ1) is 15.6. The number of anilines is 2. The van der Waals surface area contributed by atoms with E-state index in [0.717, 1.165) is 38.0 Å². The number of nitrogens with one attached hydrogen (secondary N) is 1. The summed E-state index contributed by atoms with van der Waals surface area (Å²) in [6.07, 6.45) is 7.13. The molecule has 0 aromatic heterocycles. The van der Waals surface area contributed by atoms with Gasteiger partial charge in [0.2, 0.25) is 5.91 Å². The molecule has 1 fully saturated rings. The second kappa shape index (κ2) is 12.2. The van der Waals surface area contributed by atoms with E-state index in [0.29, 0.717) is 18.5 Å². The topological polar surface area (TPSA) is 72.9 Å². The van der Waals surface area contributed by atoms with Gasteiger partial charge in [0.25, 0.3) is 5.91 Å². The predicted octanol–water partition coefficient (Wildman–Crippen LogP) is 4.92. The first-order valence-electron chi connectivity index (χ1n) is 11.4. The first-order valence-corrected chi connectivity index (χ1v) is 11.4. The molecule has 0 spiro atoms. The van der Waals surface area contributed by atoms with Crippen LogP contribution >= 0.6 is 0 Å². The standard InChI is InChI=1S/C25H32FN3O3/c26-21-11-9-20(10-12-21)25(31)29(19-7-2-1-4-8-24(30)27-32)23-15-13-22(14-16-23)28-17-5-3-6-18-28/h9-16,32H,1-8,17-19H2,(H,27,30). The van der Waals surface area contributed by atoms with Gasteiger partial charge in [-0.25, -0.2) is 9.87 Å². The minimum atomic E-state index is -0.382. The Morgan fingerprint density at radius 2 is 1.56 bits per heavy atom. The summed E-state index contributed by atoms with van der Waals surface area (Å²) >= 11 is 0. The van der Waals surface area contributed by atoms with Crippen molar-refractivity contribution in [2.75, 3.05) is 29.4 Å². The molecule has 1 saturated heterocycles. The molecule has 1 aliphatic heterocycles. The van der Waals surface area contributed by atoms with E-state index in [1.165, 1.54) is 49.2 Å². The SMILES string of the molecule is O=C(CCCCCCN(C(=O)c1ccc(F)cc1)c1ccc(N2CCCCC2)cc1)NO. The fraction of sp³-hybridized carbons (Fsp3) is 0.440. The Bertz CT molecular complexity index is 865. The van der Waals surface area contributed by atoms with Gasteiger partial charge in [-0.2, -0.15) is 0 Å². The third-order valence-electron chi connectivity index (χ3n) is 5.88. The number of benzene rings is 2. The maximum absolute atomic E-state index is 13.3. The van der Waals surface area contributed by atoms with E-state index in [2.05, 4.69) is 17.0 Å². The van der Waals surface area contributed by atoms with Crippen LogP contribution in [0.3, 0.4) is 0 Å². The van der Waals surface area contributed by atoms with Crippen molar-refractivity contribution in [1.29, 1.82) is 0 Å². The molecule has 0 aliphatic carbocycles. The van der Waals surface area contributed by atoms with Crippen LogP contribution in [0.2, 0.25) is 0 Å². The van der Waals surface area contributed by atoms with Crippen LogP contribution in [0.5, 0.6) is 0 Å². The van der Waals surface area contributed by atoms with E-state index in [-0.39, 0.29) is 24.1 Å². The number of nitrogens with zero attached hydrogens (tertiary/aromatic N) is 2. The number of rotatable bonds is 10. The van der Waals surface area contributed by atoms with E-state index in [1.54, 1.807) is 10.4 Å². The Hall–Kier alpha value is -2.93. The van der Waals surface area contributed by atoms with Crippen molar-refractivity contribution in [3.05, 3.63) is 59.9 Å². The molecular weight excluding hydrogens is 409 g/mol. The van der Waals surface area contributed by atoms with Gasteiger partial charge >= 0.3 is 0 Å². The van der Waals surface area contributed by atoms with Gasteiger partial charge in [-0.15, -0.1) is 0 Å². The predicted molar refractivity (Wildman–Crippen MR) is 124 cm³/mol. The fourth-order valence-corrected chi connectivity index (χ4v) is 4.06. The van der Waals surface area contributed by atoms with Gasteiger partial charge in [-0.1, -0.05) is 12.8 Å². The first kappa shape index (κ1) is 23.7. The summed E-state index contributed by atoms with van der Waals surface area (Å²) in [7, 11) is 0. The second-order valence-electron chi connectivity index (χ2n) is 8.23. The molecule has 2 aromatic rings. The minimum absolute atomic E-state index is 0.157. The summed E-state index contributed by atoms with van der Waals surface area (Å²) in [6.45, 7) is 2.66. The molecule has 6 nitrogen and oxygen atoms in total. The van der Waals surface area contributed by atoms with Crippen molar-refractivity contribution in [3.63, 3.8) is 0 Å². The molecule has 7 heteroatoms. The number of hydrogen-bond acceptors (Lipinski definition) is 4. The van der Waals surface area contributed by atoms with Crippen LogP contribution in [0.1, 0.15) is 61.7 Å². The number of piperidine rings is 1. The molecule has 0 bridgehead atoms. The molecule has 32 heavy (non-hydrogen) atoms. The summed E-state index contributed by atoms with van der Waals surface area (Å²) in [4.78, 5) is 28.4. The Morgan fingerprint density at radius 1 is 0.906 bits per heavy atom. The van der Waals surface area contributed by atoms with Crippen LogP contribution in [0.25, 0.3) is 0 Å². The van der Waals surface area contributed by atoms with Gasteiger partial charge in [0, 0.05) is 43.0 Å². The Balaban J connectivity index is 1.66. The van der Waals surface area contributed by atoms with E-state index >= 15 is 0 Å². The van der Waals surface area contributed by atoms with Crippen molar-refractivity contribution in [1.82, 2.24) is 5.48 Å². The highest BCUT2D eigenvalue weighted by molar-refractivity contribution is 6.06. The number of amides is 2. The molecule has 0 atom stereocenters. The van der Waals surface area contributed by atoms with E-state index in [9.17, 15) is 14.0 Å². The van der Waals surface area contributed by atoms with Gasteiger partial charge in [0.05, 0.1) is 0 Å². The number of carbonyl (C=O) groups is 2. The zero-order chi connectivity index (χ0) is 22.8. The summed E-state index contributed by atoms with van der Waals surface area (Å²) in [6, 6.07) is 13.7. The lowest BCUT2D eigenvalue weighted by atomic mass is 10.1. The van der Waals surface area contributed by atoms with Crippen LogP contribution < -0.4 is 15.3 Å². The molecule has 1 aliphatic rings.